The summed E-state index contributed by atoms with van der Waals surface area (Å²) in [7, 11) is 0. The quantitative estimate of drug-likeness (QED) is 0.795. The van der Waals surface area contributed by atoms with Crippen LogP contribution >= 0.6 is 0 Å². The minimum Gasteiger partial charge on any atom is -0.369 e. The van der Waals surface area contributed by atoms with Crippen LogP contribution < -0.4 is 11.1 Å². The molecule has 2 rings (SSSR count). The van der Waals surface area contributed by atoms with Gasteiger partial charge in [-0.15, -0.1) is 0 Å². The Morgan fingerprint density at radius 3 is 3.00 bits per heavy atom. The van der Waals surface area contributed by atoms with Crippen LogP contribution in [0.15, 0.2) is 24.3 Å². The van der Waals surface area contributed by atoms with Gasteiger partial charge in [-0.25, -0.2) is 14.3 Å². The second kappa shape index (κ2) is 4.86. The topological polar surface area (TPSA) is 72.9 Å². The average Bonchev–Trinajstić information content (AvgIpc) is 2.65. The maximum Gasteiger partial charge on any atom is 0.328 e. The van der Waals surface area contributed by atoms with Gasteiger partial charge in [0.05, 0.1) is 11.0 Å². The largest absolute Gasteiger partial charge is 0.369 e. The van der Waals surface area contributed by atoms with Crippen molar-refractivity contribution >= 4 is 23.0 Å². The molecular weight excluding hydrogens is 216 g/mol. The molecule has 5 heteroatoms. The van der Waals surface area contributed by atoms with Gasteiger partial charge >= 0.3 is 6.03 Å². The molecule has 0 radical (unpaired) electrons. The number of unbranched alkanes of at least 4 members (excludes halogenated alkanes) is 1. The molecule has 1 aromatic heterocycles. The highest BCUT2D eigenvalue weighted by Gasteiger charge is 2.13. The first kappa shape index (κ1) is 11.4. The smallest absolute Gasteiger partial charge is 0.328 e. The highest BCUT2D eigenvalue weighted by Crippen LogP contribution is 2.16. The number of carbonyl (C=O) groups is 1. The fraction of sp³-hybridized carbons (Fsp3) is 0.333. The molecule has 0 aliphatic heterocycles. The maximum absolute atomic E-state index is 11.9. The van der Waals surface area contributed by atoms with Gasteiger partial charge in [0.25, 0.3) is 0 Å². The SMILES string of the molecule is CCCCNC(=O)n1c(N)nc2ccccc21. The standard InChI is InChI=1S/C12H16N4O/c1-2-3-8-14-12(17)16-10-7-5-4-6-9(10)15-11(16)13/h4-7H,2-3,8H2,1H3,(H2,13,15)(H,14,17). The number of nitrogens with zero attached hydrogens (tertiary/aromatic N) is 2. The second-order valence-electron chi connectivity index (χ2n) is 3.88. The predicted molar refractivity (Wildman–Crippen MR) is 67.9 cm³/mol. The van der Waals surface area contributed by atoms with Gasteiger partial charge in [0.2, 0.25) is 5.95 Å². The number of imidazole rings is 1. The molecule has 0 unspecified atom stereocenters. The molecule has 0 aliphatic rings. The van der Waals surface area contributed by atoms with Crippen molar-refractivity contribution in [2.75, 3.05) is 12.3 Å². The summed E-state index contributed by atoms with van der Waals surface area (Å²) in [4.78, 5) is 16.1. The molecule has 0 fully saturated rings. The Hall–Kier alpha value is -2.04. The highest BCUT2D eigenvalue weighted by molar-refractivity contribution is 5.92. The van der Waals surface area contributed by atoms with Crippen molar-refractivity contribution in [3.63, 3.8) is 0 Å². The summed E-state index contributed by atoms with van der Waals surface area (Å²) in [5, 5.41) is 2.82. The highest BCUT2D eigenvalue weighted by atomic mass is 16.2. The van der Waals surface area contributed by atoms with Crippen LogP contribution in [-0.2, 0) is 0 Å². The zero-order valence-corrected chi connectivity index (χ0v) is 9.81. The van der Waals surface area contributed by atoms with Crippen molar-refractivity contribution in [3.05, 3.63) is 24.3 Å². The van der Waals surface area contributed by atoms with Crippen molar-refractivity contribution in [2.45, 2.75) is 19.8 Å². The van der Waals surface area contributed by atoms with Crippen molar-refractivity contribution in [3.8, 4) is 0 Å². The maximum atomic E-state index is 11.9. The Balaban J connectivity index is 2.28. The number of para-hydroxylation sites is 2. The number of hydrogen-bond acceptors (Lipinski definition) is 3. The van der Waals surface area contributed by atoms with E-state index in [4.69, 9.17) is 5.73 Å². The normalized spacial score (nSPS) is 10.6. The molecule has 5 nitrogen and oxygen atoms in total. The van der Waals surface area contributed by atoms with Crippen LogP contribution in [0.3, 0.4) is 0 Å². The van der Waals surface area contributed by atoms with E-state index in [9.17, 15) is 4.79 Å². The summed E-state index contributed by atoms with van der Waals surface area (Å²) in [5.74, 6) is 0.222. The molecule has 0 atom stereocenters. The number of nitrogens with two attached hydrogens (primary N) is 1. The Kier molecular flexibility index (Phi) is 3.27. The van der Waals surface area contributed by atoms with E-state index in [2.05, 4.69) is 17.2 Å². The van der Waals surface area contributed by atoms with Crippen LogP contribution in [0.5, 0.6) is 0 Å². The molecule has 2 aromatic rings. The first-order valence-electron chi connectivity index (χ1n) is 5.75. The third-order valence-electron chi connectivity index (χ3n) is 2.60. The van der Waals surface area contributed by atoms with Gasteiger partial charge in [0.1, 0.15) is 0 Å². The molecule has 17 heavy (non-hydrogen) atoms. The van der Waals surface area contributed by atoms with Crippen LogP contribution in [0.2, 0.25) is 0 Å². The third kappa shape index (κ3) is 2.22. The number of carbonyl (C=O) groups excluding carboxylic acids is 1. The Morgan fingerprint density at radius 2 is 2.24 bits per heavy atom. The molecule has 1 heterocycles. The first-order chi connectivity index (χ1) is 8.24. The summed E-state index contributed by atoms with van der Waals surface area (Å²) in [5.41, 5.74) is 7.22. The lowest BCUT2D eigenvalue weighted by molar-refractivity contribution is 0.243. The first-order valence-corrected chi connectivity index (χ1v) is 5.75. The number of benzene rings is 1. The Bertz CT molecular complexity index is 532. The van der Waals surface area contributed by atoms with Crippen LogP contribution in [0, 0.1) is 0 Å². The second-order valence-corrected chi connectivity index (χ2v) is 3.88. The third-order valence-corrected chi connectivity index (χ3v) is 2.60. The van der Waals surface area contributed by atoms with Crippen molar-refractivity contribution in [1.82, 2.24) is 14.9 Å². The monoisotopic (exact) mass is 232 g/mol. The number of hydrogen-bond donors (Lipinski definition) is 2. The zero-order valence-electron chi connectivity index (χ0n) is 9.81. The van der Waals surface area contributed by atoms with Gasteiger partial charge in [0, 0.05) is 6.54 Å². The van der Waals surface area contributed by atoms with E-state index in [-0.39, 0.29) is 12.0 Å². The van der Waals surface area contributed by atoms with E-state index in [1.807, 2.05) is 24.3 Å². The van der Waals surface area contributed by atoms with E-state index in [0.717, 1.165) is 23.9 Å². The number of fused-ring (bicyclic) bond motifs is 1. The van der Waals surface area contributed by atoms with Gasteiger partial charge in [-0.2, -0.15) is 0 Å². The summed E-state index contributed by atoms with van der Waals surface area (Å²) >= 11 is 0. The minimum atomic E-state index is -0.218. The van der Waals surface area contributed by atoms with E-state index in [1.165, 1.54) is 4.57 Å². The molecule has 90 valence electrons. The molecular formula is C12H16N4O. The van der Waals surface area contributed by atoms with Crippen LogP contribution in [0.4, 0.5) is 10.7 Å². The van der Waals surface area contributed by atoms with Crippen LogP contribution in [-0.4, -0.2) is 22.1 Å². The molecule has 1 amide bonds. The molecule has 0 bridgehead atoms. The summed E-state index contributed by atoms with van der Waals surface area (Å²) in [6, 6.07) is 7.18. The van der Waals surface area contributed by atoms with Crippen molar-refractivity contribution < 1.29 is 4.79 Å². The lowest BCUT2D eigenvalue weighted by Gasteiger charge is -2.06. The Labute approximate surface area is 99.6 Å². The van der Waals surface area contributed by atoms with Crippen molar-refractivity contribution in [1.29, 1.82) is 0 Å². The van der Waals surface area contributed by atoms with Gasteiger partial charge < -0.3 is 11.1 Å². The lowest BCUT2D eigenvalue weighted by Crippen LogP contribution is -2.30. The van der Waals surface area contributed by atoms with Crippen LogP contribution in [0.25, 0.3) is 11.0 Å². The fourth-order valence-corrected chi connectivity index (χ4v) is 1.71. The minimum absolute atomic E-state index is 0.218. The van der Waals surface area contributed by atoms with Crippen LogP contribution in [0.1, 0.15) is 19.8 Å². The van der Waals surface area contributed by atoms with Gasteiger partial charge in [-0.05, 0) is 18.6 Å². The predicted octanol–water partition coefficient (Wildman–Crippen LogP) is 1.98. The molecule has 0 saturated heterocycles. The average molecular weight is 232 g/mol. The molecule has 1 aromatic carbocycles. The molecule has 0 saturated carbocycles. The van der Waals surface area contributed by atoms with Gasteiger partial charge in [-0.1, -0.05) is 25.5 Å². The number of amides is 1. The summed E-state index contributed by atoms with van der Waals surface area (Å²) in [6.45, 7) is 2.73. The van der Waals surface area contributed by atoms with Gasteiger partial charge in [0.15, 0.2) is 0 Å². The fourth-order valence-electron chi connectivity index (χ4n) is 1.71. The number of anilines is 1. The molecule has 3 N–H and O–H groups in total. The number of nitrogens with one attached hydrogen (secondary N) is 1. The van der Waals surface area contributed by atoms with E-state index < -0.39 is 0 Å². The van der Waals surface area contributed by atoms with E-state index in [0.29, 0.717) is 6.54 Å². The zero-order chi connectivity index (χ0) is 12.3. The van der Waals surface area contributed by atoms with Gasteiger partial charge in [-0.3, -0.25) is 0 Å². The molecule has 0 aliphatic carbocycles. The number of rotatable bonds is 3. The lowest BCUT2D eigenvalue weighted by atomic mass is 10.3. The summed E-state index contributed by atoms with van der Waals surface area (Å²) < 4.78 is 1.41. The molecule has 0 spiro atoms. The number of nitrogen functional groups attached to an aromatic ring is 1. The Morgan fingerprint density at radius 1 is 1.47 bits per heavy atom. The summed E-state index contributed by atoms with van der Waals surface area (Å²) in [6.07, 6.45) is 2.00. The van der Waals surface area contributed by atoms with E-state index >= 15 is 0 Å². The number of aromatic nitrogens is 2. The van der Waals surface area contributed by atoms with Crippen molar-refractivity contribution in [2.24, 2.45) is 0 Å². The van der Waals surface area contributed by atoms with E-state index in [1.54, 1.807) is 0 Å².